The summed E-state index contributed by atoms with van der Waals surface area (Å²) in [6.07, 6.45) is 7.54. The molecule has 0 aliphatic heterocycles. The molecule has 2 fully saturated rings. The smallest absolute Gasteiger partial charge is 0.312 e. The van der Waals surface area contributed by atoms with Gasteiger partial charge in [0.2, 0.25) is 0 Å². The highest BCUT2D eigenvalue weighted by atomic mass is 32.2. The van der Waals surface area contributed by atoms with Gasteiger partial charge >= 0.3 is 5.97 Å². The number of carbonyl (C=O) groups excluding carboxylic acids is 1. The van der Waals surface area contributed by atoms with Gasteiger partial charge in [-0.3, -0.25) is 14.8 Å². The first-order chi connectivity index (χ1) is 18.4. The molecule has 0 atom stereocenters. The lowest BCUT2D eigenvalue weighted by molar-refractivity contribution is -0.161. The van der Waals surface area contributed by atoms with Crippen molar-refractivity contribution in [3.05, 3.63) is 78.2 Å². The predicted octanol–water partition coefficient (Wildman–Crippen LogP) is 6.05. The topological polar surface area (TPSA) is 91.1 Å². The predicted molar refractivity (Wildman–Crippen MR) is 150 cm³/mol. The summed E-state index contributed by atoms with van der Waals surface area (Å²) in [4.78, 5) is 22.3. The highest BCUT2D eigenvalue weighted by Crippen LogP contribution is 2.50. The zero-order chi connectivity index (χ0) is 27.6. The van der Waals surface area contributed by atoms with Gasteiger partial charge in [-0.05, 0) is 93.8 Å². The van der Waals surface area contributed by atoms with Crippen LogP contribution in [0.4, 0.5) is 0 Å². The number of hydrogen-bond acceptors (Lipinski definition) is 6. The Morgan fingerprint density at radius 3 is 2.36 bits per heavy atom. The normalized spacial score (nSPS) is 17.6. The van der Waals surface area contributed by atoms with E-state index in [0.29, 0.717) is 23.3 Å². The van der Waals surface area contributed by atoms with E-state index >= 15 is 0 Å². The van der Waals surface area contributed by atoms with Crippen LogP contribution in [0.5, 0.6) is 0 Å². The molecule has 2 aliphatic carbocycles. The van der Waals surface area contributed by atoms with Crippen molar-refractivity contribution in [2.45, 2.75) is 75.7 Å². The van der Waals surface area contributed by atoms with E-state index in [2.05, 4.69) is 16.9 Å². The van der Waals surface area contributed by atoms with Crippen LogP contribution in [0.2, 0.25) is 0 Å². The molecule has 4 aromatic rings. The van der Waals surface area contributed by atoms with E-state index in [1.54, 1.807) is 42.7 Å². The number of esters is 1. The van der Waals surface area contributed by atoms with Gasteiger partial charge in [0.1, 0.15) is 5.60 Å². The molecule has 202 valence electrons. The van der Waals surface area contributed by atoms with Crippen LogP contribution >= 0.6 is 0 Å². The van der Waals surface area contributed by atoms with Crippen LogP contribution in [-0.4, -0.2) is 33.9 Å². The third kappa shape index (κ3) is 4.75. The SMILES string of the molecule is CC(C)(C)OC(=O)C1(Cc2cc3cc(-c4cc(C5(C)CC5)ccn4)n(S(=O)(=O)c4ccccc4)c3cn2)CC1. The third-order valence-corrected chi connectivity index (χ3v) is 9.65. The van der Waals surface area contributed by atoms with Gasteiger partial charge in [-0.1, -0.05) is 25.1 Å². The van der Waals surface area contributed by atoms with Gasteiger partial charge in [0.15, 0.2) is 0 Å². The van der Waals surface area contributed by atoms with E-state index in [-0.39, 0.29) is 16.3 Å². The molecule has 0 radical (unpaired) electrons. The molecule has 0 amide bonds. The van der Waals surface area contributed by atoms with Gasteiger partial charge in [-0.15, -0.1) is 0 Å². The number of pyridine rings is 2. The van der Waals surface area contributed by atoms with Gasteiger partial charge in [0.25, 0.3) is 10.0 Å². The molecule has 3 aromatic heterocycles. The minimum absolute atomic E-state index is 0.113. The molecule has 2 aliphatic rings. The van der Waals surface area contributed by atoms with Crippen LogP contribution < -0.4 is 0 Å². The number of hydrogen-bond donors (Lipinski definition) is 0. The molecule has 0 unspecified atom stereocenters. The maximum Gasteiger partial charge on any atom is 0.312 e. The van der Waals surface area contributed by atoms with Crippen LogP contribution in [0, 0.1) is 5.41 Å². The highest BCUT2D eigenvalue weighted by molar-refractivity contribution is 7.90. The summed E-state index contributed by atoms with van der Waals surface area (Å²) in [6.45, 7) is 7.83. The Hall–Kier alpha value is -3.52. The van der Waals surface area contributed by atoms with E-state index in [4.69, 9.17) is 4.74 Å². The average Bonchev–Trinajstić information content (AvgIpc) is 3.81. The molecular formula is C31H33N3O4S. The van der Waals surface area contributed by atoms with E-state index in [0.717, 1.165) is 42.3 Å². The fraction of sp³-hybridized carbons (Fsp3) is 0.387. The molecule has 8 heteroatoms. The summed E-state index contributed by atoms with van der Waals surface area (Å²) in [7, 11) is -3.94. The number of fused-ring (bicyclic) bond motifs is 1. The lowest BCUT2D eigenvalue weighted by Gasteiger charge is -2.23. The van der Waals surface area contributed by atoms with Crippen molar-refractivity contribution in [3.63, 3.8) is 0 Å². The van der Waals surface area contributed by atoms with Gasteiger partial charge in [-0.25, -0.2) is 12.4 Å². The van der Waals surface area contributed by atoms with Crippen LogP contribution in [0.1, 0.15) is 64.6 Å². The maximum absolute atomic E-state index is 14.0. The zero-order valence-corrected chi connectivity index (χ0v) is 23.6. The zero-order valence-electron chi connectivity index (χ0n) is 22.8. The molecule has 1 aromatic carbocycles. The fourth-order valence-electron chi connectivity index (χ4n) is 5.12. The summed E-state index contributed by atoms with van der Waals surface area (Å²) >= 11 is 0. The minimum atomic E-state index is -3.94. The molecular weight excluding hydrogens is 510 g/mol. The van der Waals surface area contributed by atoms with Crippen LogP contribution in [0.3, 0.4) is 0 Å². The second-order valence-electron chi connectivity index (χ2n) is 12.3. The second-order valence-corrected chi connectivity index (χ2v) is 14.1. The number of rotatable bonds is 7. The minimum Gasteiger partial charge on any atom is -0.460 e. The van der Waals surface area contributed by atoms with E-state index in [1.165, 1.54) is 3.97 Å². The standard InChI is InChI=1S/C31H33N3O4S/c1-29(2,3)38-28(35)31(13-14-31)19-23-16-21-17-26(25-18-22(10-15-32-25)30(4)11-12-30)34(27(21)20-33-23)39(36,37)24-8-6-5-7-9-24/h5-10,15-18,20H,11-14,19H2,1-4H3. The van der Waals surface area contributed by atoms with Gasteiger partial charge < -0.3 is 4.74 Å². The van der Waals surface area contributed by atoms with Crippen molar-refractivity contribution in [2.24, 2.45) is 5.41 Å². The average molecular weight is 544 g/mol. The first-order valence-corrected chi connectivity index (χ1v) is 14.9. The van der Waals surface area contributed by atoms with Crippen LogP contribution in [0.15, 0.2) is 71.9 Å². The highest BCUT2D eigenvalue weighted by Gasteiger charge is 2.52. The van der Waals surface area contributed by atoms with Crippen molar-refractivity contribution >= 4 is 26.9 Å². The Morgan fingerprint density at radius 1 is 1.00 bits per heavy atom. The Kier molecular flexibility index (Phi) is 5.77. The summed E-state index contributed by atoms with van der Waals surface area (Å²) < 4.78 is 35.0. The monoisotopic (exact) mass is 543 g/mol. The molecule has 7 nitrogen and oxygen atoms in total. The summed E-state index contributed by atoms with van der Waals surface area (Å²) in [6, 6.07) is 16.2. The Balaban J connectivity index is 1.46. The molecule has 0 N–H and O–H groups in total. The number of carbonyl (C=O) groups is 1. The van der Waals surface area contributed by atoms with E-state index in [9.17, 15) is 13.2 Å². The fourth-order valence-corrected chi connectivity index (χ4v) is 6.65. The number of benzene rings is 1. The van der Waals surface area contributed by atoms with Gasteiger partial charge in [0, 0.05) is 23.7 Å². The van der Waals surface area contributed by atoms with Crippen LogP contribution in [-0.2, 0) is 31.4 Å². The molecule has 2 saturated carbocycles. The molecule has 0 bridgehead atoms. The number of ether oxygens (including phenoxy) is 1. The van der Waals surface area contributed by atoms with Gasteiger partial charge in [-0.2, -0.15) is 0 Å². The van der Waals surface area contributed by atoms with Crippen LogP contribution in [0.25, 0.3) is 22.3 Å². The number of aromatic nitrogens is 3. The lowest BCUT2D eigenvalue weighted by Crippen LogP contribution is -2.31. The van der Waals surface area contributed by atoms with Crippen molar-refractivity contribution in [1.29, 1.82) is 0 Å². The van der Waals surface area contributed by atoms with E-state index in [1.807, 2.05) is 45.0 Å². The van der Waals surface area contributed by atoms with Crippen molar-refractivity contribution in [3.8, 4) is 11.4 Å². The largest absolute Gasteiger partial charge is 0.460 e. The van der Waals surface area contributed by atoms with Gasteiger partial charge in [0.05, 0.1) is 33.4 Å². The second kappa shape index (κ2) is 8.74. The molecule has 39 heavy (non-hydrogen) atoms. The first kappa shape index (κ1) is 25.7. The Bertz CT molecular complexity index is 1690. The quantitative estimate of drug-likeness (QED) is 0.264. The van der Waals surface area contributed by atoms with Crippen molar-refractivity contribution in [2.75, 3.05) is 0 Å². The number of nitrogens with zero attached hydrogens (tertiary/aromatic N) is 3. The molecule has 0 spiro atoms. The lowest BCUT2D eigenvalue weighted by atomic mass is 9.98. The first-order valence-electron chi connectivity index (χ1n) is 13.4. The Morgan fingerprint density at radius 2 is 1.72 bits per heavy atom. The third-order valence-electron chi connectivity index (χ3n) is 7.91. The molecule has 3 heterocycles. The summed E-state index contributed by atoms with van der Waals surface area (Å²) in [5.41, 5.74) is 2.46. The summed E-state index contributed by atoms with van der Waals surface area (Å²) in [5.74, 6) is -0.198. The molecule has 6 rings (SSSR count). The van der Waals surface area contributed by atoms with Crippen molar-refractivity contribution < 1.29 is 17.9 Å². The Labute approximate surface area is 229 Å². The van der Waals surface area contributed by atoms with Crippen molar-refractivity contribution in [1.82, 2.24) is 13.9 Å². The van der Waals surface area contributed by atoms with E-state index < -0.39 is 21.0 Å². The maximum atomic E-state index is 14.0. The molecule has 0 saturated heterocycles. The summed E-state index contributed by atoms with van der Waals surface area (Å²) in [5, 5.41) is 0.735.